The molecule has 3 nitrogen and oxygen atoms in total. The van der Waals surface area contributed by atoms with Gasteiger partial charge >= 0.3 is 0 Å². The van der Waals surface area contributed by atoms with Gasteiger partial charge in [0.25, 0.3) is 0 Å². The summed E-state index contributed by atoms with van der Waals surface area (Å²) in [5.41, 5.74) is 0. The molecule has 0 bridgehead atoms. The zero-order chi connectivity index (χ0) is 14.8. The maximum Gasteiger partial charge on any atom is 0.245 e. The Bertz CT molecular complexity index is 541. The Morgan fingerprint density at radius 3 is 2.21 bits per heavy atom. The predicted molar refractivity (Wildman–Crippen MR) is 87.0 cm³/mol. The van der Waals surface area contributed by atoms with Crippen molar-refractivity contribution in [2.24, 2.45) is 0 Å². The number of sulfonamides is 1. The van der Waals surface area contributed by atoms with E-state index in [4.69, 9.17) is 23.2 Å². The van der Waals surface area contributed by atoms with Crippen LogP contribution in [0.1, 0.15) is 13.3 Å². The molecule has 1 rings (SSSR count). The van der Waals surface area contributed by atoms with Crippen molar-refractivity contribution in [3.63, 3.8) is 0 Å². The van der Waals surface area contributed by atoms with Crippen molar-refractivity contribution in [2.45, 2.75) is 23.1 Å². The standard InChI is InChI=1S/C11H13Br2Cl2NO2S/c1-7(12)3-4-16(2)19(17,18)11-9(14)5-8(13)6-10(11)15/h5-7H,3-4H2,1-2H3. The summed E-state index contributed by atoms with van der Waals surface area (Å²) in [5, 5.41) is 0.219. The fourth-order valence-electron chi connectivity index (χ4n) is 1.41. The molecule has 1 atom stereocenters. The average Bonchev–Trinajstić information content (AvgIpc) is 2.23. The summed E-state index contributed by atoms with van der Waals surface area (Å²) in [6, 6.07) is 3.03. The first-order chi connectivity index (χ1) is 8.66. The molecule has 0 aliphatic carbocycles. The summed E-state index contributed by atoms with van der Waals surface area (Å²) in [6.45, 7) is 2.34. The van der Waals surface area contributed by atoms with Gasteiger partial charge in [-0.15, -0.1) is 0 Å². The van der Waals surface area contributed by atoms with Gasteiger partial charge in [-0.3, -0.25) is 0 Å². The largest absolute Gasteiger partial charge is 0.245 e. The van der Waals surface area contributed by atoms with Crippen LogP contribution in [0.5, 0.6) is 0 Å². The van der Waals surface area contributed by atoms with E-state index in [1.54, 1.807) is 0 Å². The van der Waals surface area contributed by atoms with Gasteiger partial charge in [-0.1, -0.05) is 62.0 Å². The molecule has 0 heterocycles. The Kier molecular flexibility index (Phi) is 6.61. The third-order valence-electron chi connectivity index (χ3n) is 2.47. The second-order valence-corrected chi connectivity index (χ2v) is 9.37. The zero-order valence-corrected chi connectivity index (χ0v) is 15.8. The van der Waals surface area contributed by atoms with Crippen molar-refractivity contribution < 1.29 is 8.42 Å². The van der Waals surface area contributed by atoms with Crippen LogP contribution in [-0.4, -0.2) is 31.1 Å². The molecule has 8 heteroatoms. The number of hydrogen-bond acceptors (Lipinski definition) is 2. The second kappa shape index (κ2) is 7.09. The molecule has 0 spiro atoms. The molecule has 0 aromatic heterocycles. The first-order valence-electron chi connectivity index (χ1n) is 5.41. The van der Waals surface area contributed by atoms with Crippen LogP contribution in [0.3, 0.4) is 0 Å². The lowest BCUT2D eigenvalue weighted by molar-refractivity contribution is 0.462. The Hall–Kier alpha value is 0.670. The van der Waals surface area contributed by atoms with Crippen LogP contribution >= 0.6 is 55.1 Å². The van der Waals surface area contributed by atoms with E-state index in [1.165, 1.54) is 23.5 Å². The predicted octanol–water partition coefficient (Wildman–Crippen LogP) is 4.55. The Morgan fingerprint density at radius 2 is 1.79 bits per heavy atom. The SMILES string of the molecule is CC(Br)CCN(C)S(=O)(=O)c1c(Cl)cc(Br)cc1Cl. The van der Waals surface area contributed by atoms with Gasteiger partial charge in [-0.05, 0) is 18.6 Å². The van der Waals surface area contributed by atoms with E-state index in [0.717, 1.165) is 0 Å². The molecule has 0 saturated carbocycles. The molecule has 0 fully saturated rings. The Morgan fingerprint density at radius 1 is 1.32 bits per heavy atom. The summed E-state index contributed by atoms with van der Waals surface area (Å²) in [7, 11) is -2.17. The minimum Gasteiger partial charge on any atom is -0.207 e. The van der Waals surface area contributed by atoms with Gasteiger partial charge in [0.15, 0.2) is 0 Å². The third-order valence-corrected chi connectivity index (χ3v) is 6.17. The monoisotopic (exact) mass is 451 g/mol. The van der Waals surface area contributed by atoms with Crippen LogP contribution in [0.4, 0.5) is 0 Å². The lowest BCUT2D eigenvalue weighted by Crippen LogP contribution is -2.29. The molecule has 108 valence electrons. The highest BCUT2D eigenvalue weighted by molar-refractivity contribution is 9.10. The summed E-state index contributed by atoms with van der Waals surface area (Å²) in [4.78, 5) is 0.185. The van der Waals surface area contributed by atoms with Crippen LogP contribution < -0.4 is 0 Å². The van der Waals surface area contributed by atoms with Gasteiger partial charge in [0, 0.05) is 22.9 Å². The van der Waals surface area contributed by atoms with Gasteiger partial charge in [0.1, 0.15) is 4.90 Å². The van der Waals surface area contributed by atoms with Gasteiger partial charge in [0.2, 0.25) is 10.0 Å². The molecule has 1 aromatic carbocycles. The van der Waals surface area contributed by atoms with E-state index in [9.17, 15) is 8.42 Å². The van der Waals surface area contributed by atoms with Gasteiger partial charge in [-0.25, -0.2) is 12.7 Å². The molecule has 19 heavy (non-hydrogen) atoms. The Labute approximate surface area is 140 Å². The van der Waals surface area contributed by atoms with Crippen LogP contribution in [0.15, 0.2) is 21.5 Å². The molecule has 1 aromatic rings. The van der Waals surface area contributed by atoms with Crippen molar-refractivity contribution in [2.75, 3.05) is 13.6 Å². The van der Waals surface area contributed by atoms with Crippen LogP contribution in [0.2, 0.25) is 10.0 Å². The molecule has 0 amide bonds. The van der Waals surface area contributed by atoms with Crippen LogP contribution in [0, 0.1) is 0 Å². The fourth-order valence-corrected chi connectivity index (χ4v) is 4.68. The molecule has 0 saturated heterocycles. The van der Waals surface area contributed by atoms with E-state index < -0.39 is 10.0 Å². The smallest absolute Gasteiger partial charge is 0.207 e. The Balaban J connectivity index is 3.14. The van der Waals surface area contributed by atoms with Gasteiger partial charge in [-0.2, -0.15) is 0 Å². The summed E-state index contributed by atoms with van der Waals surface area (Å²) in [5.74, 6) is 0. The van der Waals surface area contributed by atoms with E-state index in [-0.39, 0.29) is 19.8 Å². The normalized spacial score (nSPS) is 13.8. The molecule has 1 unspecified atom stereocenters. The molecular weight excluding hydrogens is 441 g/mol. The first kappa shape index (κ1) is 17.7. The quantitative estimate of drug-likeness (QED) is 0.613. The number of benzene rings is 1. The van der Waals surface area contributed by atoms with E-state index in [2.05, 4.69) is 31.9 Å². The van der Waals surface area contributed by atoms with Crippen molar-refractivity contribution in [1.29, 1.82) is 0 Å². The van der Waals surface area contributed by atoms with Crippen molar-refractivity contribution >= 4 is 65.1 Å². The van der Waals surface area contributed by atoms with Crippen molar-refractivity contribution in [3.8, 4) is 0 Å². The lowest BCUT2D eigenvalue weighted by Gasteiger charge is -2.19. The van der Waals surface area contributed by atoms with E-state index in [0.29, 0.717) is 17.4 Å². The summed E-state index contributed by atoms with van der Waals surface area (Å²) in [6.07, 6.45) is 0.696. The average molecular weight is 454 g/mol. The number of alkyl halides is 1. The first-order valence-corrected chi connectivity index (χ1v) is 9.31. The second-order valence-electron chi connectivity index (χ2n) is 4.09. The van der Waals surface area contributed by atoms with Crippen molar-refractivity contribution in [1.82, 2.24) is 4.31 Å². The number of halogens is 4. The topological polar surface area (TPSA) is 37.4 Å². The van der Waals surface area contributed by atoms with E-state index in [1.807, 2.05) is 6.92 Å². The third kappa shape index (κ3) is 4.58. The number of nitrogens with zero attached hydrogens (tertiary/aromatic N) is 1. The molecule has 0 radical (unpaired) electrons. The molecule has 0 aliphatic heterocycles. The van der Waals surface area contributed by atoms with E-state index >= 15 is 0 Å². The molecular formula is C11H13Br2Cl2NO2S. The zero-order valence-electron chi connectivity index (χ0n) is 10.3. The van der Waals surface area contributed by atoms with Gasteiger partial charge < -0.3 is 0 Å². The maximum atomic E-state index is 12.4. The minimum absolute atomic E-state index is 0.0521. The lowest BCUT2D eigenvalue weighted by atomic mass is 10.3. The van der Waals surface area contributed by atoms with Crippen molar-refractivity contribution in [3.05, 3.63) is 26.7 Å². The summed E-state index contributed by atoms with van der Waals surface area (Å²) >= 11 is 18.6. The number of rotatable bonds is 5. The van der Waals surface area contributed by atoms with Crippen LogP contribution in [0.25, 0.3) is 0 Å². The highest BCUT2D eigenvalue weighted by atomic mass is 79.9. The van der Waals surface area contributed by atoms with Crippen LogP contribution in [-0.2, 0) is 10.0 Å². The molecule has 0 aliphatic rings. The highest BCUT2D eigenvalue weighted by Gasteiger charge is 2.26. The van der Waals surface area contributed by atoms with Gasteiger partial charge in [0.05, 0.1) is 10.0 Å². The summed E-state index contributed by atoms with van der Waals surface area (Å²) < 4.78 is 26.7. The minimum atomic E-state index is -3.68. The molecule has 0 N–H and O–H groups in total. The number of hydrogen-bond donors (Lipinski definition) is 0. The fraction of sp³-hybridized carbons (Fsp3) is 0.455. The maximum absolute atomic E-state index is 12.4. The highest BCUT2D eigenvalue weighted by Crippen LogP contribution is 2.34.